The van der Waals surface area contributed by atoms with Crippen LogP contribution in [0.1, 0.15) is 36.6 Å². The summed E-state index contributed by atoms with van der Waals surface area (Å²) in [7, 11) is -4.23. The number of benzene rings is 3. The van der Waals surface area contributed by atoms with Gasteiger partial charge in [0.2, 0.25) is 0 Å². The smallest absolute Gasteiger partial charge is 0.461 e. The van der Waals surface area contributed by atoms with E-state index in [0.29, 0.717) is 5.56 Å². The van der Waals surface area contributed by atoms with Gasteiger partial charge in [0.25, 0.3) is 17.1 Å². The Morgan fingerprint density at radius 3 is 1.22 bits per heavy atom. The van der Waals surface area contributed by atoms with Crippen LogP contribution in [0, 0.1) is 37.3 Å². The molecular formula is C28H28B2N4O16. The lowest BCUT2D eigenvalue weighted by Gasteiger charge is -2.22. The number of hydrogen-bond donors (Lipinski definition) is 4. The highest BCUT2D eigenvalue weighted by atomic mass is 16.6. The standard InChI is InChI=1S/C28H28B2N4O16/c1-17-8-18(12-23(9-17)32(42)43)26(35)48-5-2-31(3-6-49-27(36)19-10-21(29(38)39)15-24(13-19)33(44)45)4-7-50-28(37)20-11-22(30(40)41)16-25(14-20)34(46)47/h8-16,38-41H,2-7H2,1H3. The number of hydrogen-bond acceptors (Lipinski definition) is 17. The highest BCUT2D eigenvalue weighted by Crippen LogP contribution is 2.18. The molecule has 50 heavy (non-hydrogen) atoms. The molecule has 0 fully saturated rings. The summed E-state index contributed by atoms with van der Waals surface area (Å²) in [5.41, 5.74) is -2.55. The third kappa shape index (κ3) is 11.1. The first-order chi connectivity index (χ1) is 23.5. The maximum absolute atomic E-state index is 12.7. The molecule has 0 aliphatic carbocycles. The summed E-state index contributed by atoms with van der Waals surface area (Å²) < 4.78 is 15.6. The number of nitrogens with zero attached hydrogens (tertiary/aromatic N) is 4. The molecule has 0 unspecified atom stereocenters. The topological polar surface area (TPSA) is 292 Å². The second-order valence-corrected chi connectivity index (χ2v) is 10.5. The molecule has 262 valence electrons. The van der Waals surface area contributed by atoms with Gasteiger partial charge in [-0.15, -0.1) is 0 Å². The van der Waals surface area contributed by atoms with Crippen molar-refractivity contribution < 1.29 is 63.5 Å². The summed E-state index contributed by atoms with van der Waals surface area (Å²) in [4.78, 5) is 70.7. The van der Waals surface area contributed by atoms with Crippen LogP contribution in [0.4, 0.5) is 17.1 Å². The maximum atomic E-state index is 12.7. The zero-order valence-corrected chi connectivity index (χ0v) is 26.1. The van der Waals surface area contributed by atoms with Crippen LogP contribution in [-0.4, -0.2) is 111 Å². The van der Waals surface area contributed by atoms with Crippen LogP contribution >= 0.6 is 0 Å². The Bertz CT molecular complexity index is 1700. The van der Waals surface area contributed by atoms with E-state index in [1.807, 2.05) is 0 Å². The monoisotopic (exact) mass is 698 g/mol. The van der Waals surface area contributed by atoms with Crippen LogP contribution in [0.3, 0.4) is 0 Å². The fraction of sp³-hybridized carbons (Fsp3) is 0.250. The Kier molecular flexibility index (Phi) is 13.6. The molecule has 0 spiro atoms. The van der Waals surface area contributed by atoms with Crippen molar-refractivity contribution in [2.45, 2.75) is 6.92 Å². The first kappa shape index (κ1) is 38.6. The minimum atomic E-state index is -2.12. The summed E-state index contributed by atoms with van der Waals surface area (Å²) in [6.45, 7) is 0.255. The predicted molar refractivity (Wildman–Crippen MR) is 171 cm³/mol. The van der Waals surface area contributed by atoms with Crippen LogP contribution in [-0.2, 0) is 14.2 Å². The van der Waals surface area contributed by atoms with Crippen molar-refractivity contribution in [3.8, 4) is 0 Å². The highest BCUT2D eigenvalue weighted by Gasteiger charge is 2.23. The second-order valence-electron chi connectivity index (χ2n) is 10.5. The average Bonchev–Trinajstić information content (AvgIpc) is 3.06. The molecule has 0 saturated heterocycles. The molecule has 0 saturated carbocycles. The normalized spacial score (nSPS) is 10.7. The maximum Gasteiger partial charge on any atom is 0.488 e. The van der Waals surface area contributed by atoms with Gasteiger partial charge in [-0.2, -0.15) is 0 Å². The number of carbonyl (C=O) groups is 3. The van der Waals surface area contributed by atoms with Crippen LogP contribution in [0.25, 0.3) is 0 Å². The summed E-state index contributed by atoms with van der Waals surface area (Å²) in [6.07, 6.45) is 0. The molecule has 22 heteroatoms. The van der Waals surface area contributed by atoms with Crippen LogP contribution < -0.4 is 10.9 Å². The number of nitro benzene ring substituents is 3. The van der Waals surface area contributed by atoms with E-state index in [9.17, 15) is 64.8 Å². The number of rotatable bonds is 17. The van der Waals surface area contributed by atoms with E-state index in [-0.39, 0.29) is 72.8 Å². The van der Waals surface area contributed by atoms with Gasteiger partial charge in [0, 0.05) is 56.0 Å². The molecule has 0 bridgehead atoms. The van der Waals surface area contributed by atoms with Gasteiger partial charge < -0.3 is 34.3 Å². The summed E-state index contributed by atoms with van der Waals surface area (Å²) in [5.74, 6) is -2.99. The Morgan fingerprint density at radius 1 is 0.580 bits per heavy atom. The lowest BCUT2D eigenvalue weighted by atomic mass is 9.79. The molecular weight excluding hydrogens is 670 g/mol. The fourth-order valence-electron chi connectivity index (χ4n) is 4.39. The minimum Gasteiger partial charge on any atom is -0.461 e. The number of ether oxygens (including phenoxy) is 3. The Balaban J connectivity index is 1.70. The van der Waals surface area contributed by atoms with E-state index in [1.165, 1.54) is 17.0 Å². The molecule has 3 aromatic carbocycles. The first-order valence-electron chi connectivity index (χ1n) is 14.4. The van der Waals surface area contributed by atoms with Crippen molar-refractivity contribution in [2.75, 3.05) is 39.5 Å². The van der Waals surface area contributed by atoms with Crippen molar-refractivity contribution in [1.29, 1.82) is 0 Å². The van der Waals surface area contributed by atoms with Gasteiger partial charge in [0.1, 0.15) is 19.8 Å². The van der Waals surface area contributed by atoms with Crippen molar-refractivity contribution in [3.05, 3.63) is 107 Å². The molecule has 0 radical (unpaired) electrons. The van der Waals surface area contributed by atoms with Crippen LogP contribution in [0.5, 0.6) is 0 Å². The molecule has 0 aliphatic rings. The van der Waals surface area contributed by atoms with Gasteiger partial charge >= 0.3 is 32.1 Å². The lowest BCUT2D eigenvalue weighted by Crippen LogP contribution is -2.35. The quantitative estimate of drug-likeness (QED) is 0.0443. The fourth-order valence-corrected chi connectivity index (χ4v) is 4.39. The Hall–Kier alpha value is -5.80. The van der Waals surface area contributed by atoms with E-state index in [4.69, 9.17) is 14.2 Å². The molecule has 0 aromatic heterocycles. The van der Waals surface area contributed by atoms with Crippen molar-refractivity contribution in [1.82, 2.24) is 4.90 Å². The second kappa shape index (κ2) is 17.6. The van der Waals surface area contributed by atoms with Crippen LogP contribution in [0.2, 0.25) is 0 Å². The van der Waals surface area contributed by atoms with E-state index < -0.39 is 58.3 Å². The van der Waals surface area contributed by atoms with Gasteiger partial charge in [-0.1, -0.05) is 0 Å². The number of nitro groups is 3. The third-order valence-corrected chi connectivity index (χ3v) is 6.80. The van der Waals surface area contributed by atoms with E-state index in [1.54, 1.807) is 6.92 Å². The summed E-state index contributed by atoms with van der Waals surface area (Å²) in [5, 5.41) is 71.3. The van der Waals surface area contributed by atoms with Crippen LogP contribution in [0.15, 0.2) is 54.6 Å². The Morgan fingerprint density at radius 2 is 0.900 bits per heavy atom. The lowest BCUT2D eigenvalue weighted by molar-refractivity contribution is -0.385. The Labute approximate surface area is 282 Å². The first-order valence-corrected chi connectivity index (χ1v) is 14.4. The van der Waals surface area contributed by atoms with Gasteiger partial charge in [0.05, 0.1) is 31.5 Å². The molecule has 3 aromatic rings. The molecule has 0 amide bonds. The largest absolute Gasteiger partial charge is 0.488 e. The van der Waals surface area contributed by atoms with E-state index >= 15 is 0 Å². The number of carbonyl (C=O) groups excluding carboxylic acids is 3. The van der Waals surface area contributed by atoms with E-state index in [2.05, 4.69) is 0 Å². The van der Waals surface area contributed by atoms with Gasteiger partial charge in [-0.05, 0) is 41.6 Å². The van der Waals surface area contributed by atoms with Gasteiger partial charge in [-0.25, -0.2) is 14.4 Å². The van der Waals surface area contributed by atoms with Crippen molar-refractivity contribution >= 4 is 60.1 Å². The number of esters is 3. The summed E-state index contributed by atoms with van der Waals surface area (Å²) >= 11 is 0. The summed E-state index contributed by atoms with van der Waals surface area (Å²) in [6, 6.07) is 9.13. The SMILES string of the molecule is Cc1cc(C(=O)OCCN(CCOC(=O)c2cc(B(O)O)cc([N+](=O)[O-])c2)CCOC(=O)c2cc(B(O)O)cc([N+](=O)[O-])c2)cc([N+](=O)[O-])c1. The van der Waals surface area contributed by atoms with Gasteiger partial charge in [-0.3, -0.25) is 35.2 Å². The highest BCUT2D eigenvalue weighted by molar-refractivity contribution is 6.59. The van der Waals surface area contributed by atoms with E-state index in [0.717, 1.165) is 42.5 Å². The molecule has 20 nitrogen and oxygen atoms in total. The number of non-ortho nitro benzene ring substituents is 3. The molecule has 3 rings (SSSR count). The molecule has 0 aliphatic heterocycles. The predicted octanol–water partition coefficient (Wildman–Crippen LogP) is -0.748. The average molecular weight is 698 g/mol. The van der Waals surface area contributed by atoms with Crippen molar-refractivity contribution in [3.63, 3.8) is 0 Å². The van der Waals surface area contributed by atoms with Gasteiger partial charge in [0.15, 0.2) is 0 Å². The molecule has 0 atom stereocenters. The number of aryl methyl sites for hydroxylation is 1. The zero-order chi connectivity index (χ0) is 37.1. The third-order valence-electron chi connectivity index (χ3n) is 6.80. The molecule has 4 N–H and O–H groups in total. The minimum absolute atomic E-state index is 0.0654. The van der Waals surface area contributed by atoms with Crippen molar-refractivity contribution in [2.24, 2.45) is 0 Å². The zero-order valence-electron chi connectivity index (χ0n) is 26.1. The molecule has 0 heterocycles.